The molecule has 2 aromatic carbocycles. The number of amides is 2. The number of aliphatic hydroxyl groups is 2. The molecule has 39 heavy (non-hydrogen) atoms. The molecular formula is C29H29IN2O7. The highest BCUT2D eigenvalue weighted by molar-refractivity contribution is 14.1. The van der Waals surface area contributed by atoms with E-state index in [1.165, 1.54) is 11.0 Å². The molecule has 1 fully saturated rings. The minimum Gasteiger partial charge on any atom is -0.482 e. The number of benzene rings is 2. The Hall–Kier alpha value is -3.22. The number of nitrogens with zero attached hydrogens (tertiary/aromatic N) is 1. The van der Waals surface area contributed by atoms with Crippen LogP contribution in [0.4, 0.5) is 0 Å². The molecule has 0 saturated heterocycles. The topological polar surface area (TPSA) is 129 Å². The summed E-state index contributed by atoms with van der Waals surface area (Å²) >= 11 is 2.13. The first-order valence-electron chi connectivity index (χ1n) is 12.9. The second-order valence-electron chi connectivity index (χ2n) is 9.83. The molecule has 0 bridgehead atoms. The number of carbonyl (C=O) groups is 2. The number of fused-ring (bicyclic) bond motifs is 1. The Morgan fingerprint density at radius 1 is 1.13 bits per heavy atom. The number of hydrogen-bond donors (Lipinski definition) is 3. The molecule has 0 spiro atoms. The molecule has 9 nitrogen and oxygen atoms in total. The third kappa shape index (κ3) is 6.18. The summed E-state index contributed by atoms with van der Waals surface area (Å²) in [6, 6.07) is 14.9. The Labute approximate surface area is 238 Å². The largest absolute Gasteiger partial charge is 0.482 e. The zero-order valence-electron chi connectivity index (χ0n) is 21.1. The SMILES string of the molecule is O=C(NCCO)C1=C[C@H](Oc2ccccc2I)[C@@H](O)[C@H](N(CC2CC2)C(=O)c2cc3ccccc3oc2=O)C1. The third-order valence-corrected chi connectivity index (χ3v) is 7.89. The van der Waals surface area contributed by atoms with Crippen molar-refractivity contribution in [1.82, 2.24) is 10.2 Å². The maximum atomic E-state index is 13.9. The molecule has 0 aliphatic heterocycles. The molecule has 1 heterocycles. The van der Waals surface area contributed by atoms with E-state index in [1.54, 1.807) is 36.4 Å². The van der Waals surface area contributed by atoms with Gasteiger partial charge in [0.15, 0.2) is 0 Å². The number of para-hydroxylation sites is 2. The molecule has 10 heteroatoms. The molecule has 3 aromatic rings. The lowest BCUT2D eigenvalue weighted by Gasteiger charge is -2.40. The molecule has 204 valence electrons. The molecule has 5 rings (SSSR count). The number of halogens is 1. The fraction of sp³-hybridized carbons (Fsp3) is 0.345. The van der Waals surface area contributed by atoms with Gasteiger partial charge in [-0.3, -0.25) is 9.59 Å². The van der Waals surface area contributed by atoms with Gasteiger partial charge in [0.25, 0.3) is 5.91 Å². The van der Waals surface area contributed by atoms with Gasteiger partial charge in [-0.15, -0.1) is 0 Å². The highest BCUT2D eigenvalue weighted by atomic mass is 127. The monoisotopic (exact) mass is 644 g/mol. The van der Waals surface area contributed by atoms with Crippen molar-refractivity contribution in [1.29, 1.82) is 0 Å². The fourth-order valence-corrected chi connectivity index (χ4v) is 5.29. The summed E-state index contributed by atoms with van der Waals surface area (Å²) in [5.74, 6) is -0.207. The van der Waals surface area contributed by atoms with Gasteiger partial charge in [0.05, 0.1) is 16.2 Å². The molecule has 1 aromatic heterocycles. The summed E-state index contributed by atoms with van der Waals surface area (Å²) < 4.78 is 12.4. The van der Waals surface area contributed by atoms with Crippen molar-refractivity contribution in [2.75, 3.05) is 19.7 Å². The summed E-state index contributed by atoms with van der Waals surface area (Å²) in [4.78, 5) is 41.3. The van der Waals surface area contributed by atoms with Crippen LogP contribution in [0.25, 0.3) is 11.0 Å². The Bertz CT molecular complexity index is 1470. The molecule has 1 saturated carbocycles. The summed E-state index contributed by atoms with van der Waals surface area (Å²) in [6.45, 7) is 0.166. The third-order valence-electron chi connectivity index (χ3n) is 7.00. The molecule has 3 N–H and O–H groups in total. The Morgan fingerprint density at radius 2 is 1.87 bits per heavy atom. The number of hydrogen-bond acceptors (Lipinski definition) is 7. The van der Waals surface area contributed by atoms with E-state index in [0.717, 1.165) is 16.4 Å². The van der Waals surface area contributed by atoms with Crippen LogP contribution >= 0.6 is 22.6 Å². The van der Waals surface area contributed by atoms with Gasteiger partial charge in [0.1, 0.15) is 29.1 Å². The summed E-state index contributed by atoms with van der Waals surface area (Å²) in [5.41, 5.74) is -0.179. The molecule has 2 aliphatic rings. The Balaban J connectivity index is 1.51. The van der Waals surface area contributed by atoms with Crippen LogP contribution in [0.2, 0.25) is 0 Å². The number of aliphatic hydroxyl groups excluding tert-OH is 2. The van der Waals surface area contributed by atoms with Gasteiger partial charge in [-0.05, 0) is 71.7 Å². The van der Waals surface area contributed by atoms with Gasteiger partial charge in [-0.2, -0.15) is 0 Å². The highest BCUT2D eigenvalue weighted by Gasteiger charge is 2.43. The first-order chi connectivity index (χ1) is 18.9. The van der Waals surface area contributed by atoms with E-state index < -0.39 is 35.7 Å². The second-order valence-corrected chi connectivity index (χ2v) is 11.0. The van der Waals surface area contributed by atoms with E-state index in [1.807, 2.05) is 18.2 Å². The van der Waals surface area contributed by atoms with Crippen LogP contribution in [-0.4, -0.2) is 64.9 Å². The van der Waals surface area contributed by atoms with E-state index in [4.69, 9.17) is 9.15 Å². The first-order valence-corrected chi connectivity index (χ1v) is 14.0. The van der Waals surface area contributed by atoms with Crippen LogP contribution < -0.4 is 15.7 Å². The van der Waals surface area contributed by atoms with Crippen molar-refractivity contribution in [3.63, 3.8) is 0 Å². The quantitative estimate of drug-likeness (QED) is 0.242. The Kier molecular flexibility index (Phi) is 8.34. The number of nitrogens with one attached hydrogen (secondary N) is 1. The second kappa shape index (κ2) is 11.9. The van der Waals surface area contributed by atoms with Crippen LogP contribution in [-0.2, 0) is 4.79 Å². The molecule has 0 unspecified atom stereocenters. The van der Waals surface area contributed by atoms with Crippen molar-refractivity contribution >= 4 is 45.4 Å². The van der Waals surface area contributed by atoms with Gasteiger partial charge < -0.3 is 29.6 Å². The number of carbonyl (C=O) groups excluding carboxylic acids is 2. The van der Waals surface area contributed by atoms with E-state index in [2.05, 4.69) is 27.9 Å². The summed E-state index contributed by atoms with van der Waals surface area (Å²) in [6.07, 6.45) is 1.38. The molecule has 3 atom stereocenters. The first kappa shape index (κ1) is 27.4. The predicted molar refractivity (Wildman–Crippen MR) is 152 cm³/mol. The van der Waals surface area contributed by atoms with Crippen molar-refractivity contribution in [2.45, 2.75) is 37.5 Å². The summed E-state index contributed by atoms with van der Waals surface area (Å²) in [7, 11) is 0. The lowest BCUT2D eigenvalue weighted by molar-refractivity contribution is -0.118. The van der Waals surface area contributed by atoms with Gasteiger partial charge in [0, 0.05) is 30.5 Å². The van der Waals surface area contributed by atoms with E-state index in [-0.39, 0.29) is 31.1 Å². The van der Waals surface area contributed by atoms with Crippen LogP contribution in [0.15, 0.2) is 75.5 Å². The molecular weight excluding hydrogens is 615 g/mol. The molecule has 2 aliphatic carbocycles. The lowest BCUT2D eigenvalue weighted by atomic mass is 9.87. The van der Waals surface area contributed by atoms with E-state index >= 15 is 0 Å². The minimum atomic E-state index is -1.18. The van der Waals surface area contributed by atoms with Crippen molar-refractivity contribution in [2.24, 2.45) is 5.92 Å². The van der Waals surface area contributed by atoms with Crippen LogP contribution in [0.3, 0.4) is 0 Å². The minimum absolute atomic E-state index is 0.0571. The molecule has 2 amide bonds. The summed E-state index contributed by atoms with van der Waals surface area (Å²) in [5, 5.41) is 24.0. The highest BCUT2D eigenvalue weighted by Crippen LogP contribution is 2.35. The van der Waals surface area contributed by atoms with E-state index in [9.17, 15) is 24.6 Å². The maximum Gasteiger partial charge on any atom is 0.349 e. The van der Waals surface area contributed by atoms with Crippen molar-refractivity contribution < 1.29 is 29.0 Å². The molecule has 0 radical (unpaired) electrons. The van der Waals surface area contributed by atoms with Crippen molar-refractivity contribution in [3.8, 4) is 5.75 Å². The van der Waals surface area contributed by atoms with Crippen LogP contribution in [0, 0.1) is 9.49 Å². The predicted octanol–water partition coefficient (Wildman–Crippen LogP) is 2.87. The van der Waals surface area contributed by atoms with Gasteiger partial charge in [-0.25, -0.2) is 4.79 Å². The maximum absolute atomic E-state index is 13.9. The average Bonchev–Trinajstić information content (AvgIpc) is 3.76. The van der Waals surface area contributed by atoms with Crippen LogP contribution in [0.1, 0.15) is 29.6 Å². The van der Waals surface area contributed by atoms with Gasteiger partial charge in [0.2, 0.25) is 5.91 Å². The standard InChI is InChI=1S/C29H29IN2O7/c30-21-6-2-4-8-24(21)38-25-15-19(27(35)31-11-12-33)14-22(26(25)34)32(16-17-9-10-17)28(36)20-13-18-5-1-3-7-23(18)39-29(20)37/h1-8,13,15,17,22,25-26,33-34H,9-12,14,16H2,(H,31,35)/t22-,25+,26+/m1/s1. The Morgan fingerprint density at radius 3 is 2.62 bits per heavy atom. The lowest BCUT2D eigenvalue weighted by Crippen LogP contribution is -2.56. The average molecular weight is 644 g/mol. The van der Waals surface area contributed by atoms with Gasteiger partial charge in [-0.1, -0.05) is 30.3 Å². The van der Waals surface area contributed by atoms with Crippen LogP contribution in [0.5, 0.6) is 5.75 Å². The van der Waals surface area contributed by atoms with Gasteiger partial charge >= 0.3 is 5.63 Å². The number of rotatable bonds is 9. The van der Waals surface area contributed by atoms with Crippen molar-refractivity contribution in [3.05, 3.63) is 85.8 Å². The normalized spacial score (nSPS) is 20.8. The number of ether oxygens (including phenoxy) is 1. The zero-order valence-corrected chi connectivity index (χ0v) is 23.2. The fourth-order valence-electron chi connectivity index (χ4n) is 4.78. The zero-order chi connectivity index (χ0) is 27.5. The smallest absolute Gasteiger partial charge is 0.349 e. The van der Waals surface area contributed by atoms with E-state index in [0.29, 0.717) is 28.8 Å².